The zero-order chi connectivity index (χ0) is 15.5. The van der Waals surface area contributed by atoms with Gasteiger partial charge in [-0.25, -0.2) is 12.8 Å². The Labute approximate surface area is 119 Å². The van der Waals surface area contributed by atoms with Crippen LogP contribution in [0, 0.1) is 15.9 Å². The lowest BCUT2D eigenvalue weighted by molar-refractivity contribution is -0.386. The Kier molecular flexibility index (Phi) is 5.07. The summed E-state index contributed by atoms with van der Waals surface area (Å²) in [4.78, 5) is 9.02. The fraction of sp³-hybridized carbons (Fsp3) is 0.273. The van der Waals surface area contributed by atoms with Gasteiger partial charge in [0.2, 0.25) is 0 Å². The molecule has 0 radical (unpaired) electrons. The van der Waals surface area contributed by atoms with Gasteiger partial charge in [0.15, 0.2) is 5.75 Å². The van der Waals surface area contributed by atoms with Crippen LogP contribution in [0.4, 0.5) is 10.1 Å². The quantitative estimate of drug-likeness (QED) is 0.347. The summed E-state index contributed by atoms with van der Waals surface area (Å²) in [5.74, 6) is -1.60. The summed E-state index contributed by atoms with van der Waals surface area (Å²) in [6.07, 6.45) is 0.588. The lowest BCUT2D eigenvalue weighted by Gasteiger charge is -2.09. The molecule has 0 bridgehead atoms. The van der Waals surface area contributed by atoms with Crippen LogP contribution in [-0.2, 0) is 9.05 Å². The Bertz CT molecular complexity index is 659. The molecular formula is C11H11ClFNO5S. The number of rotatable bonds is 6. The third-order valence-electron chi connectivity index (χ3n) is 2.40. The second-order valence-electron chi connectivity index (χ2n) is 3.84. The van der Waals surface area contributed by atoms with Crippen LogP contribution in [0.2, 0.25) is 0 Å². The number of nitro benzene ring substituents is 1. The molecule has 110 valence electrons. The highest BCUT2D eigenvalue weighted by Crippen LogP contribution is 2.33. The number of halogens is 2. The minimum absolute atomic E-state index is 0.0379. The zero-order valence-corrected chi connectivity index (χ0v) is 12.0. The van der Waals surface area contributed by atoms with Gasteiger partial charge < -0.3 is 4.74 Å². The molecule has 0 aliphatic rings. The molecule has 0 saturated carbocycles. The number of hydrogen-bond donors (Lipinski definition) is 0. The molecule has 0 aliphatic heterocycles. The smallest absolute Gasteiger partial charge is 0.312 e. The molecule has 0 amide bonds. The topological polar surface area (TPSA) is 86.5 Å². The van der Waals surface area contributed by atoms with Crippen LogP contribution in [0.3, 0.4) is 0 Å². The van der Waals surface area contributed by atoms with E-state index in [1.807, 2.05) is 6.92 Å². The lowest BCUT2D eigenvalue weighted by atomic mass is 10.2. The summed E-state index contributed by atoms with van der Waals surface area (Å²) in [6, 6.07) is 1.15. The normalized spacial score (nSPS) is 11.2. The van der Waals surface area contributed by atoms with E-state index in [0.29, 0.717) is 24.1 Å². The van der Waals surface area contributed by atoms with Crippen LogP contribution in [-0.4, -0.2) is 19.9 Å². The molecule has 0 aliphatic carbocycles. The molecule has 0 aromatic heterocycles. The van der Waals surface area contributed by atoms with E-state index in [1.165, 1.54) is 0 Å². The Morgan fingerprint density at radius 2 is 2.15 bits per heavy atom. The monoisotopic (exact) mass is 323 g/mol. The Hall–Kier alpha value is -1.67. The van der Waals surface area contributed by atoms with Gasteiger partial charge in [0.1, 0.15) is 17.3 Å². The van der Waals surface area contributed by atoms with Crippen molar-refractivity contribution in [1.82, 2.24) is 0 Å². The van der Waals surface area contributed by atoms with Crippen LogP contribution in [0.1, 0.15) is 13.3 Å². The van der Waals surface area contributed by atoms with Crippen LogP contribution in [0.15, 0.2) is 29.2 Å². The molecule has 1 aromatic carbocycles. The first kappa shape index (κ1) is 16.4. The highest BCUT2D eigenvalue weighted by atomic mass is 35.7. The van der Waals surface area contributed by atoms with Crippen molar-refractivity contribution < 1.29 is 22.5 Å². The van der Waals surface area contributed by atoms with E-state index in [0.717, 1.165) is 0 Å². The predicted molar refractivity (Wildman–Crippen MR) is 71.0 cm³/mol. The third-order valence-corrected chi connectivity index (χ3v) is 3.74. The van der Waals surface area contributed by atoms with Gasteiger partial charge >= 0.3 is 5.69 Å². The minimum Gasteiger partial charge on any atom is -0.482 e. The Morgan fingerprint density at radius 3 is 2.60 bits per heavy atom. The standard InChI is InChI=1S/C11H11ClFNO5S/c1-3-7(2)6-19-10-4-8(13)11(20(12,17)18)5-9(10)14(15)16/h4-5H,2-3,6H2,1H3. The summed E-state index contributed by atoms with van der Waals surface area (Å²) in [7, 11) is 0.575. The second kappa shape index (κ2) is 6.19. The second-order valence-corrected chi connectivity index (χ2v) is 6.37. The molecule has 1 aromatic rings. The maximum atomic E-state index is 13.6. The van der Waals surface area contributed by atoms with Gasteiger partial charge in [-0.15, -0.1) is 0 Å². The maximum Gasteiger partial charge on any atom is 0.312 e. The van der Waals surface area contributed by atoms with Crippen molar-refractivity contribution in [2.45, 2.75) is 18.2 Å². The van der Waals surface area contributed by atoms with Crippen molar-refractivity contribution in [3.05, 3.63) is 40.2 Å². The van der Waals surface area contributed by atoms with E-state index in [4.69, 9.17) is 15.4 Å². The molecule has 0 unspecified atom stereocenters. The largest absolute Gasteiger partial charge is 0.482 e. The number of nitrogens with zero attached hydrogens (tertiary/aromatic N) is 1. The highest BCUT2D eigenvalue weighted by Gasteiger charge is 2.25. The van der Waals surface area contributed by atoms with Crippen LogP contribution in [0.5, 0.6) is 5.75 Å². The number of hydrogen-bond acceptors (Lipinski definition) is 5. The first-order valence-corrected chi connectivity index (χ1v) is 7.69. The summed E-state index contributed by atoms with van der Waals surface area (Å²) in [5.41, 5.74) is -0.0386. The average molecular weight is 324 g/mol. The summed E-state index contributed by atoms with van der Waals surface area (Å²) < 4.78 is 40.9. The predicted octanol–water partition coefficient (Wildman–Crippen LogP) is 3.01. The molecule has 0 heterocycles. The van der Waals surface area contributed by atoms with E-state index in [1.54, 1.807) is 0 Å². The van der Waals surface area contributed by atoms with E-state index in [-0.39, 0.29) is 12.4 Å². The molecule has 0 N–H and O–H groups in total. The Balaban J connectivity index is 3.29. The number of benzene rings is 1. The van der Waals surface area contributed by atoms with Crippen molar-refractivity contribution >= 4 is 25.4 Å². The Morgan fingerprint density at radius 1 is 1.55 bits per heavy atom. The third kappa shape index (κ3) is 3.91. The molecule has 0 spiro atoms. The molecular weight excluding hydrogens is 313 g/mol. The zero-order valence-electron chi connectivity index (χ0n) is 10.4. The first-order chi connectivity index (χ1) is 9.16. The average Bonchev–Trinajstić information content (AvgIpc) is 2.33. The summed E-state index contributed by atoms with van der Waals surface area (Å²) in [5, 5.41) is 10.9. The molecule has 0 atom stereocenters. The summed E-state index contributed by atoms with van der Waals surface area (Å²) in [6.45, 7) is 5.41. The molecule has 1 rings (SSSR count). The van der Waals surface area contributed by atoms with E-state index in [9.17, 15) is 22.9 Å². The van der Waals surface area contributed by atoms with Crippen molar-refractivity contribution in [3.8, 4) is 5.75 Å². The van der Waals surface area contributed by atoms with Crippen LogP contribution < -0.4 is 4.74 Å². The van der Waals surface area contributed by atoms with Crippen molar-refractivity contribution in [1.29, 1.82) is 0 Å². The van der Waals surface area contributed by atoms with E-state index in [2.05, 4.69) is 6.58 Å². The fourth-order valence-corrected chi connectivity index (χ4v) is 2.15. The summed E-state index contributed by atoms with van der Waals surface area (Å²) >= 11 is 0. The highest BCUT2D eigenvalue weighted by molar-refractivity contribution is 8.13. The van der Waals surface area contributed by atoms with E-state index >= 15 is 0 Å². The molecule has 9 heteroatoms. The van der Waals surface area contributed by atoms with E-state index < -0.39 is 30.4 Å². The minimum atomic E-state index is -4.42. The van der Waals surface area contributed by atoms with Crippen molar-refractivity contribution in [3.63, 3.8) is 0 Å². The fourth-order valence-electron chi connectivity index (χ4n) is 1.25. The number of nitro groups is 1. The van der Waals surface area contributed by atoms with Crippen molar-refractivity contribution in [2.75, 3.05) is 6.61 Å². The SMILES string of the molecule is C=C(CC)COc1cc(F)c(S(=O)(=O)Cl)cc1[N+](=O)[O-]. The molecule has 6 nitrogen and oxygen atoms in total. The van der Waals surface area contributed by atoms with Crippen LogP contribution >= 0.6 is 10.7 Å². The van der Waals surface area contributed by atoms with Gasteiger partial charge in [0.05, 0.1) is 4.92 Å². The van der Waals surface area contributed by atoms with Crippen molar-refractivity contribution in [2.24, 2.45) is 0 Å². The van der Waals surface area contributed by atoms with Gasteiger partial charge in [-0.1, -0.05) is 13.5 Å². The van der Waals surface area contributed by atoms with Gasteiger partial charge in [-0.2, -0.15) is 0 Å². The number of ether oxygens (including phenoxy) is 1. The van der Waals surface area contributed by atoms with Gasteiger partial charge in [-0.05, 0) is 12.0 Å². The van der Waals surface area contributed by atoms with Gasteiger partial charge in [0, 0.05) is 22.8 Å². The van der Waals surface area contributed by atoms with Gasteiger partial charge in [-0.3, -0.25) is 10.1 Å². The maximum absolute atomic E-state index is 13.6. The first-order valence-electron chi connectivity index (χ1n) is 5.38. The molecule has 0 fully saturated rings. The molecule has 0 saturated heterocycles. The molecule has 20 heavy (non-hydrogen) atoms. The van der Waals surface area contributed by atoms with Crippen LogP contribution in [0.25, 0.3) is 0 Å². The van der Waals surface area contributed by atoms with Gasteiger partial charge in [0.25, 0.3) is 9.05 Å². The lowest BCUT2D eigenvalue weighted by Crippen LogP contribution is -2.05.